The summed E-state index contributed by atoms with van der Waals surface area (Å²) in [5.74, 6) is -3.19. The van der Waals surface area contributed by atoms with E-state index in [0.717, 1.165) is 16.6 Å². The number of rotatable bonds is 10. The number of nitrogens with zero attached hydrogens (tertiary/aromatic N) is 7. The molecule has 1 amide bonds. The van der Waals surface area contributed by atoms with Crippen molar-refractivity contribution in [1.29, 1.82) is 0 Å². The number of aromatic nitrogens is 1. The minimum absolute atomic E-state index is 0.0322. The van der Waals surface area contributed by atoms with Crippen LogP contribution in [0.1, 0.15) is 5.69 Å². The summed E-state index contributed by atoms with van der Waals surface area (Å²) in [7, 11) is 0. The minimum atomic E-state index is -1.02. The van der Waals surface area contributed by atoms with E-state index in [1.165, 1.54) is 0 Å². The molecule has 56 heavy (non-hydrogen) atoms. The molecule has 2 aliphatic heterocycles. The zero-order valence-corrected chi connectivity index (χ0v) is 32.4. The highest BCUT2D eigenvalue weighted by molar-refractivity contribution is 5.79. The van der Waals surface area contributed by atoms with Gasteiger partial charge in [0, 0.05) is 90.5 Å². The van der Waals surface area contributed by atoms with Crippen LogP contribution in [0, 0.1) is 0 Å². The molecule has 18 heteroatoms. The third-order valence-corrected chi connectivity index (χ3v) is 9.62. The van der Waals surface area contributed by atoms with Gasteiger partial charge in [0.25, 0.3) is 0 Å². The first-order chi connectivity index (χ1) is 27.1. The second kappa shape index (κ2) is 25.4. The summed E-state index contributed by atoms with van der Waals surface area (Å²) >= 11 is 0. The number of para-hydroxylation sites is 1. The van der Waals surface area contributed by atoms with E-state index in [4.69, 9.17) is 23.9 Å². The first kappa shape index (κ1) is 44.9. The van der Waals surface area contributed by atoms with Gasteiger partial charge in [-0.25, -0.2) is 0 Å². The molecule has 2 saturated heterocycles. The Labute approximate surface area is 328 Å². The summed E-state index contributed by atoms with van der Waals surface area (Å²) in [6.07, 6.45) is 0. The molecular weight excluding hydrogens is 730 g/mol. The van der Waals surface area contributed by atoms with Crippen molar-refractivity contribution in [2.45, 2.75) is 6.54 Å². The van der Waals surface area contributed by atoms with Gasteiger partial charge < -0.3 is 39.2 Å². The van der Waals surface area contributed by atoms with Gasteiger partial charge in [0.05, 0.1) is 90.2 Å². The van der Waals surface area contributed by atoms with Crippen molar-refractivity contribution in [3.8, 4) is 0 Å². The van der Waals surface area contributed by atoms with E-state index in [0.29, 0.717) is 138 Å². The molecule has 3 N–H and O–H groups in total. The molecule has 2 aliphatic rings. The van der Waals surface area contributed by atoms with Crippen molar-refractivity contribution in [2.75, 3.05) is 158 Å². The molecule has 0 unspecified atom stereocenters. The maximum absolute atomic E-state index is 13.8. The molecule has 3 heterocycles. The van der Waals surface area contributed by atoms with Crippen LogP contribution in [0.2, 0.25) is 0 Å². The summed E-state index contributed by atoms with van der Waals surface area (Å²) in [6.45, 7) is 7.72. The minimum Gasteiger partial charge on any atom is -0.480 e. The van der Waals surface area contributed by atoms with Gasteiger partial charge in [0.2, 0.25) is 5.91 Å². The number of carbonyl (C=O) groups excluding carboxylic acids is 1. The monoisotopic (exact) mass is 789 g/mol. The molecule has 4 rings (SSSR count). The Morgan fingerprint density at radius 3 is 1.34 bits per heavy atom. The molecular formula is C38H59N7O11. The number of fused-ring (bicyclic) bond motifs is 1. The number of amides is 1. The summed E-state index contributed by atoms with van der Waals surface area (Å²) in [5.41, 5.74) is 1.94. The molecule has 2 aromatic rings. The Kier molecular flexibility index (Phi) is 20.4. The predicted octanol–water partition coefficient (Wildman–Crippen LogP) is -0.579. The lowest BCUT2D eigenvalue weighted by Gasteiger charge is -2.33. The molecule has 0 saturated carbocycles. The number of carboxylic acid groups (broad SMARTS) is 3. The first-order valence-corrected chi connectivity index (χ1v) is 19.3. The molecule has 0 spiro atoms. The number of hydrogen-bond acceptors (Lipinski definition) is 14. The number of aliphatic carboxylic acids is 3. The second-order valence-electron chi connectivity index (χ2n) is 13.9. The van der Waals surface area contributed by atoms with Crippen molar-refractivity contribution in [3.05, 3.63) is 42.1 Å². The van der Waals surface area contributed by atoms with E-state index in [1.54, 1.807) is 19.6 Å². The number of hydrogen-bond donors (Lipinski definition) is 3. The smallest absolute Gasteiger partial charge is 0.317 e. The average molecular weight is 790 g/mol. The Morgan fingerprint density at radius 1 is 0.482 bits per heavy atom. The van der Waals surface area contributed by atoms with Gasteiger partial charge in [-0.3, -0.25) is 48.7 Å². The highest BCUT2D eigenvalue weighted by atomic mass is 16.5. The maximum atomic E-state index is 13.8. The van der Waals surface area contributed by atoms with Gasteiger partial charge >= 0.3 is 17.9 Å². The van der Waals surface area contributed by atoms with Crippen LogP contribution < -0.4 is 0 Å². The van der Waals surface area contributed by atoms with Gasteiger partial charge in [-0.2, -0.15) is 0 Å². The van der Waals surface area contributed by atoms with E-state index in [2.05, 4.69) is 17.0 Å². The summed E-state index contributed by atoms with van der Waals surface area (Å²) in [5, 5.41) is 29.6. The Bertz CT molecular complexity index is 1450. The topological polar surface area (TPSA) is 198 Å². The molecule has 0 atom stereocenters. The van der Waals surface area contributed by atoms with Crippen LogP contribution in [-0.4, -0.2) is 231 Å². The van der Waals surface area contributed by atoms with E-state index in [-0.39, 0.29) is 32.1 Å². The summed E-state index contributed by atoms with van der Waals surface area (Å²) in [4.78, 5) is 64.4. The summed E-state index contributed by atoms with van der Waals surface area (Å²) < 4.78 is 23.5. The van der Waals surface area contributed by atoms with Crippen LogP contribution in [-0.2, 0) is 44.7 Å². The Morgan fingerprint density at radius 2 is 0.893 bits per heavy atom. The van der Waals surface area contributed by atoms with Crippen LogP contribution in [0.4, 0.5) is 0 Å². The van der Waals surface area contributed by atoms with Crippen molar-refractivity contribution in [1.82, 2.24) is 34.4 Å². The quantitative estimate of drug-likeness (QED) is 0.276. The fourth-order valence-electron chi connectivity index (χ4n) is 6.51. The normalized spacial score (nSPS) is 20.3. The zero-order chi connectivity index (χ0) is 40.0. The van der Waals surface area contributed by atoms with E-state index in [9.17, 15) is 34.5 Å². The molecule has 312 valence electrons. The molecule has 2 fully saturated rings. The van der Waals surface area contributed by atoms with E-state index < -0.39 is 17.9 Å². The van der Waals surface area contributed by atoms with Crippen LogP contribution in [0.25, 0.3) is 10.9 Å². The predicted molar refractivity (Wildman–Crippen MR) is 206 cm³/mol. The van der Waals surface area contributed by atoms with Gasteiger partial charge in [-0.05, 0) is 12.1 Å². The first-order valence-electron chi connectivity index (χ1n) is 19.3. The molecule has 0 aliphatic carbocycles. The van der Waals surface area contributed by atoms with E-state index in [1.807, 2.05) is 29.2 Å². The lowest BCUT2D eigenvalue weighted by Crippen LogP contribution is -2.50. The Hall–Kier alpha value is -3.85. The Balaban J connectivity index is 1.31. The number of pyridine rings is 1. The maximum Gasteiger partial charge on any atom is 0.317 e. The van der Waals surface area contributed by atoms with Crippen molar-refractivity contribution in [2.24, 2.45) is 0 Å². The molecule has 1 aromatic carbocycles. The van der Waals surface area contributed by atoms with Crippen LogP contribution in [0.3, 0.4) is 0 Å². The second-order valence-corrected chi connectivity index (χ2v) is 13.9. The highest BCUT2D eigenvalue weighted by Crippen LogP contribution is 2.13. The van der Waals surface area contributed by atoms with Gasteiger partial charge in [0.1, 0.15) is 0 Å². The zero-order valence-electron chi connectivity index (χ0n) is 32.4. The lowest BCUT2D eigenvalue weighted by molar-refractivity contribution is -0.141. The van der Waals surface area contributed by atoms with Gasteiger partial charge in [0.15, 0.2) is 0 Å². The molecule has 1 aromatic heterocycles. The van der Waals surface area contributed by atoms with Crippen LogP contribution in [0.15, 0.2) is 36.4 Å². The van der Waals surface area contributed by atoms with Crippen LogP contribution >= 0.6 is 0 Å². The average Bonchev–Trinajstić information content (AvgIpc) is 3.15. The SMILES string of the molecule is O=C(O)CN1CCN(CC(=O)O)CCN(CC(=O)N2CCOCCOCCN(Cc3ccc4ccccc4n3)CCOCCOCC2)CCN(CC(=O)O)CC1. The number of carboxylic acids is 3. The number of benzene rings is 1. The number of ether oxygens (including phenoxy) is 4. The fraction of sp³-hybridized carbons (Fsp3) is 0.658. The molecule has 0 radical (unpaired) electrons. The molecule has 18 nitrogen and oxygen atoms in total. The van der Waals surface area contributed by atoms with Crippen LogP contribution in [0.5, 0.6) is 0 Å². The standard InChI is InChI=1S/C38H59N7O11/c46-35(28-40-7-9-41(29-36(47)48)11-13-43(31-38(51)52)14-12-42(10-8-40)30-37(49)50)45-17-21-55-25-23-53-19-15-44(16-20-54-24-26-56-22-18-45)27-33-6-5-32-3-1-2-4-34(32)39-33/h1-6H,7-31H2,(H,47,48)(H,49,50)(H,51,52). The summed E-state index contributed by atoms with van der Waals surface area (Å²) in [6, 6.07) is 12.2. The van der Waals surface area contributed by atoms with Crippen molar-refractivity contribution in [3.63, 3.8) is 0 Å². The van der Waals surface area contributed by atoms with E-state index >= 15 is 0 Å². The third kappa shape index (κ3) is 18.0. The van der Waals surface area contributed by atoms with Gasteiger partial charge in [-0.15, -0.1) is 0 Å². The fourth-order valence-corrected chi connectivity index (χ4v) is 6.51. The largest absolute Gasteiger partial charge is 0.480 e. The highest BCUT2D eigenvalue weighted by Gasteiger charge is 2.23. The third-order valence-electron chi connectivity index (χ3n) is 9.62. The van der Waals surface area contributed by atoms with Crippen molar-refractivity contribution < 1.29 is 53.4 Å². The number of carbonyl (C=O) groups is 4. The van der Waals surface area contributed by atoms with Gasteiger partial charge in [-0.1, -0.05) is 24.3 Å². The molecule has 0 bridgehead atoms. The lowest BCUT2D eigenvalue weighted by atomic mass is 10.2. The van der Waals surface area contributed by atoms with Crippen molar-refractivity contribution >= 4 is 34.7 Å².